The molecule has 1 aromatic carbocycles. The van der Waals surface area contributed by atoms with Crippen molar-refractivity contribution in [2.45, 2.75) is 26.3 Å². The minimum atomic E-state index is 0.478. The molecule has 0 aliphatic heterocycles. The van der Waals surface area contributed by atoms with Crippen LogP contribution in [0.25, 0.3) is 0 Å². The number of thiophene rings is 1. The van der Waals surface area contributed by atoms with Crippen LogP contribution in [0.2, 0.25) is 0 Å². The van der Waals surface area contributed by atoms with Crippen molar-refractivity contribution >= 4 is 23.0 Å². The fourth-order valence-corrected chi connectivity index (χ4v) is 3.15. The third kappa shape index (κ3) is 5.57. The predicted octanol–water partition coefficient (Wildman–Crippen LogP) is 3.67. The molecule has 0 fully saturated rings. The van der Waals surface area contributed by atoms with Crippen LogP contribution in [-0.2, 0) is 6.54 Å². The maximum atomic E-state index is 4.72. The number of hydrogen-bond donors (Lipinski definition) is 2. The summed E-state index contributed by atoms with van der Waals surface area (Å²) in [6.07, 6.45) is 0. The lowest BCUT2D eigenvalue weighted by atomic mass is 10.1. The van der Waals surface area contributed by atoms with Gasteiger partial charge in [0.2, 0.25) is 0 Å². The van der Waals surface area contributed by atoms with Gasteiger partial charge in [-0.25, -0.2) is 4.99 Å². The molecule has 0 spiro atoms. The molecule has 0 radical (unpaired) electrons. The zero-order chi connectivity index (χ0) is 17.4. The molecule has 4 nitrogen and oxygen atoms in total. The monoisotopic (exact) mass is 344 g/mol. The first kappa shape index (κ1) is 18.3. The molecule has 1 unspecified atom stereocenters. The van der Waals surface area contributed by atoms with Crippen LogP contribution in [0.5, 0.6) is 0 Å². The fraction of sp³-hybridized carbons (Fsp3) is 0.421. The van der Waals surface area contributed by atoms with Gasteiger partial charge < -0.3 is 15.5 Å². The predicted molar refractivity (Wildman–Crippen MR) is 106 cm³/mol. The van der Waals surface area contributed by atoms with E-state index in [0.29, 0.717) is 12.5 Å². The van der Waals surface area contributed by atoms with Crippen LogP contribution in [0, 0.1) is 0 Å². The van der Waals surface area contributed by atoms with Crippen molar-refractivity contribution in [2.75, 3.05) is 32.1 Å². The second kappa shape index (κ2) is 9.33. The second-order valence-electron chi connectivity index (χ2n) is 6.06. The normalized spacial score (nSPS) is 12.8. The highest BCUT2D eigenvalue weighted by Crippen LogP contribution is 2.19. The summed E-state index contributed by atoms with van der Waals surface area (Å²) in [6.45, 7) is 6.74. The molecule has 2 N–H and O–H groups in total. The number of rotatable bonds is 7. The van der Waals surface area contributed by atoms with Crippen LogP contribution in [0.15, 0.2) is 46.8 Å². The van der Waals surface area contributed by atoms with Crippen molar-refractivity contribution in [3.63, 3.8) is 0 Å². The van der Waals surface area contributed by atoms with Gasteiger partial charge in [-0.15, -0.1) is 11.3 Å². The molecule has 2 rings (SSSR count). The lowest BCUT2D eigenvalue weighted by Gasteiger charge is -2.15. The maximum absolute atomic E-state index is 4.72. The molecule has 0 aliphatic rings. The summed E-state index contributed by atoms with van der Waals surface area (Å²) in [6, 6.07) is 12.8. The Morgan fingerprint density at radius 2 is 2.04 bits per heavy atom. The highest BCUT2D eigenvalue weighted by molar-refractivity contribution is 7.10. The van der Waals surface area contributed by atoms with Crippen molar-refractivity contribution in [2.24, 2.45) is 4.99 Å². The van der Waals surface area contributed by atoms with E-state index in [1.807, 2.05) is 0 Å². The number of nitrogens with zero attached hydrogens (tertiary/aromatic N) is 2. The molecule has 0 bridgehead atoms. The average molecular weight is 345 g/mol. The Labute approximate surface area is 149 Å². The Morgan fingerprint density at radius 1 is 1.21 bits per heavy atom. The number of benzene rings is 1. The van der Waals surface area contributed by atoms with E-state index in [0.717, 1.165) is 19.0 Å². The molecule has 24 heavy (non-hydrogen) atoms. The van der Waals surface area contributed by atoms with E-state index in [1.54, 1.807) is 11.3 Å². The smallest absolute Gasteiger partial charge is 0.191 e. The number of nitrogens with one attached hydrogen (secondary N) is 2. The van der Waals surface area contributed by atoms with Crippen molar-refractivity contribution in [3.8, 4) is 0 Å². The van der Waals surface area contributed by atoms with Crippen LogP contribution < -0.4 is 15.5 Å². The summed E-state index contributed by atoms with van der Waals surface area (Å²) < 4.78 is 0. The quantitative estimate of drug-likeness (QED) is 0.595. The van der Waals surface area contributed by atoms with E-state index in [1.165, 1.54) is 16.1 Å². The molecular formula is C19H28N4S. The van der Waals surface area contributed by atoms with Crippen molar-refractivity contribution < 1.29 is 0 Å². The molecular weight excluding hydrogens is 316 g/mol. The zero-order valence-electron chi connectivity index (χ0n) is 15.0. The van der Waals surface area contributed by atoms with Gasteiger partial charge in [0, 0.05) is 43.7 Å². The van der Waals surface area contributed by atoms with E-state index in [2.05, 4.69) is 85.3 Å². The largest absolute Gasteiger partial charge is 0.378 e. The zero-order valence-corrected chi connectivity index (χ0v) is 15.9. The molecule has 5 heteroatoms. The van der Waals surface area contributed by atoms with E-state index in [4.69, 9.17) is 4.99 Å². The second-order valence-corrected chi connectivity index (χ2v) is 7.04. The van der Waals surface area contributed by atoms with Crippen LogP contribution in [0.3, 0.4) is 0 Å². The van der Waals surface area contributed by atoms with Gasteiger partial charge in [0.1, 0.15) is 0 Å². The van der Waals surface area contributed by atoms with Crippen LogP contribution >= 0.6 is 11.3 Å². The summed E-state index contributed by atoms with van der Waals surface area (Å²) in [5, 5.41) is 8.90. The highest BCUT2D eigenvalue weighted by atomic mass is 32.1. The van der Waals surface area contributed by atoms with Gasteiger partial charge in [0.25, 0.3) is 0 Å². The third-order valence-electron chi connectivity index (χ3n) is 3.80. The SMILES string of the molecule is CCNC(=NCc1cccc(N(C)C)c1)NCC(C)c1cccs1. The van der Waals surface area contributed by atoms with Crippen molar-refractivity contribution in [3.05, 3.63) is 52.2 Å². The minimum absolute atomic E-state index is 0.478. The molecule has 1 atom stereocenters. The van der Waals surface area contributed by atoms with Gasteiger partial charge in [-0.1, -0.05) is 25.1 Å². The van der Waals surface area contributed by atoms with Crippen molar-refractivity contribution in [1.82, 2.24) is 10.6 Å². The summed E-state index contributed by atoms with van der Waals surface area (Å²) in [4.78, 5) is 8.23. The number of guanidine groups is 1. The highest BCUT2D eigenvalue weighted by Gasteiger charge is 2.07. The number of aliphatic imine (C=N–C) groups is 1. The van der Waals surface area contributed by atoms with Crippen LogP contribution in [0.1, 0.15) is 30.2 Å². The van der Waals surface area contributed by atoms with E-state index in [9.17, 15) is 0 Å². The Hall–Kier alpha value is -2.01. The number of anilines is 1. The summed E-state index contributed by atoms with van der Waals surface area (Å²) >= 11 is 1.81. The maximum Gasteiger partial charge on any atom is 0.191 e. The van der Waals surface area contributed by atoms with Crippen molar-refractivity contribution in [1.29, 1.82) is 0 Å². The molecule has 130 valence electrons. The third-order valence-corrected chi connectivity index (χ3v) is 4.90. The van der Waals surface area contributed by atoms with Gasteiger partial charge in [-0.3, -0.25) is 0 Å². The molecule has 0 amide bonds. The number of hydrogen-bond acceptors (Lipinski definition) is 3. The van der Waals surface area contributed by atoms with Crippen LogP contribution in [0.4, 0.5) is 5.69 Å². The Morgan fingerprint density at radius 3 is 2.71 bits per heavy atom. The molecule has 1 aromatic heterocycles. The molecule has 0 saturated heterocycles. The molecule has 1 heterocycles. The van der Waals surface area contributed by atoms with Gasteiger partial charge in [0.15, 0.2) is 5.96 Å². The Balaban J connectivity index is 1.96. The van der Waals surface area contributed by atoms with Gasteiger partial charge in [-0.2, -0.15) is 0 Å². The Kier molecular flexibility index (Phi) is 7.12. The average Bonchev–Trinajstić information content (AvgIpc) is 3.12. The van der Waals surface area contributed by atoms with E-state index >= 15 is 0 Å². The Bertz CT molecular complexity index is 635. The van der Waals surface area contributed by atoms with E-state index < -0.39 is 0 Å². The minimum Gasteiger partial charge on any atom is -0.378 e. The first-order valence-corrected chi connectivity index (χ1v) is 9.30. The summed E-state index contributed by atoms with van der Waals surface area (Å²) in [7, 11) is 4.11. The molecule has 0 saturated carbocycles. The summed E-state index contributed by atoms with van der Waals surface area (Å²) in [5.41, 5.74) is 2.41. The lowest BCUT2D eigenvalue weighted by molar-refractivity contribution is 0.709. The van der Waals surface area contributed by atoms with Gasteiger partial charge in [0.05, 0.1) is 6.54 Å². The van der Waals surface area contributed by atoms with Gasteiger partial charge in [-0.05, 0) is 36.1 Å². The topological polar surface area (TPSA) is 39.7 Å². The van der Waals surface area contributed by atoms with Gasteiger partial charge >= 0.3 is 0 Å². The first-order valence-electron chi connectivity index (χ1n) is 8.42. The first-order chi connectivity index (χ1) is 11.6. The standard InChI is InChI=1S/C19H28N4S/c1-5-20-19(21-13-15(2)18-10-7-11-24-18)22-14-16-8-6-9-17(12-16)23(3)4/h6-12,15H,5,13-14H2,1-4H3,(H2,20,21,22). The molecule has 2 aromatic rings. The fourth-order valence-electron chi connectivity index (χ4n) is 2.37. The summed E-state index contributed by atoms with van der Waals surface area (Å²) in [5.74, 6) is 1.35. The molecule has 0 aliphatic carbocycles. The lowest BCUT2D eigenvalue weighted by Crippen LogP contribution is -2.39. The van der Waals surface area contributed by atoms with E-state index in [-0.39, 0.29) is 0 Å². The van der Waals surface area contributed by atoms with Crippen LogP contribution in [-0.4, -0.2) is 33.1 Å².